The predicted octanol–water partition coefficient (Wildman–Crippen LogP) is -0.113. The van der Waals surface area contributed by atoms with Gasteiger partial charge in [-0.2, -0.15) is 4.99 Å². The molecule has 0 aliphatic heterocycles. The standard InChI is InChI=1S/C10H14N6O/c1-17-14-6-7-4-2-3-5-8(7)15-10(13)16-9(11)12/h2-6H,1H3,(H6,11,12,13,15,16). The van der Waals surface area contributed by atoms with Crippen LogP contribution >= 0.6 is 0 Å². The Balaban J connectivity index is 3.05. The molecule has 0 aliphatic rings. The van der Waals surface area contributed by atoms with E-state index in [0.29, 0.717) is 5.69 Å². The molecule has 0 radical (unpaired) electrons. The first-order valence-corrected chi connectivity index (χ1v) is 4.73. The van der Waals surface area contributed by atoms with Gasteiger partial charge in [0.1, 0.15) is 7.11 Å². The highest BCUT2D eigenvalue weighted by atomic mass is 16.6. The second-order valence-electron chi connectivity index (χ2n) is 2.98. The molecule has 0 amide bonds. The van der Waals surface area contributed by atoms with Gasteiger partial charge in [-0.25, -0.2) is 4.99 Å². The maximum Gasteiger partial charge on any atom is 0.223 e. The number of rotatable bonds is 3. The number of nitrogens with zero attached hydrogens (tertiary/aromatic N) is 3. The maximum atomic E-state index is 5.53. The summed E-state index contributed by atoms with van der Waals surface area (Å²) in [5.41, 5.74) is 17.2. The van der Waals surface area contributed by atoms with E-state index in [1.807, 2.05) is 18.2 Å². The first kappa shape index (κ1) is 12.5. The molecule has 1 aromatic rings. The fourth-order valence-electron chi connectivity index (χ4n) is 1.09. The van der Waals surface area contributed by atoms with E-state index in [-0.39, 0.29) is 11.9 Å². The van der Waals surface area contributed by atoms with Crippen molar-refractivity contribution in [3.63, 3.8) is 0 Å². The zero-order valence-corrected chi connectivity index (χ0v) is 9.37. The number of benzene rings is 1. The van der Waals surface area contributed by atoms with Crippen LogP contribution in [0, 0.1) is 0 Å². The van der Waals surface area contributed by atoms with Crippen LogP contribution in [-0.2, 0) is 4.84 Å². The Morgan fingerprint density at radius 3 is 2.59 bits per heavy atom. The Kier molecular flexibility index (Phi) is 4.49. The first-order valence-electron chi connectivity index (χ1n) is 4.73. The second kappa shape index (κ2) is 6.11. The molecule has 0 spiro atoms. The van der Waals surface area contributed by atoms with Gasteiger partial charge in [-0.05, 0) is 6.07 Å². The average molecular weight is 234 g/mol. The molecular weight excluding hydrogens is 220 g/mol. The highest BCUT2D eigenvalue weighted by molar-refractivity contribution is 5.95. The lowest BCUT2D eigenvalue weighted by Gasteiger charge is -2.00. The number of hydrogen-bond donors (Lipinski definition) is 3. The lowest BCUT2D eigenvalue weighted by atomic mass is 10.2. The molecule has 17 heavy (non-hydrogen) atoms. The van der Waals surface area contributed by atoms with E-state index >= 15 is 0 Å². The van der Waals surface area contributed by atoms with Crippen molar-refractivity contribution in [1.29, 1.82) is 0 Å². The summed E-state index contributed by atoms with van der Waals surface area (Å²) >= 11 is 0. The van der Waals surface area contributed by atoms with Crippen molar-refractivity contribution in [2.45, 2.75) is 0 Å². The van der Waals surface area contributed by atoms with Crippen molar-refractivity contribution in [2.24, 2.45) is 32.3 Å². The van der Waals surface area contributed by atoms with Gasteiger partial charge in [-0.1, -0.05) is 23.4 Å². The van der Waals surface area contributed by atoms with Crippen LogP contribution in [0.1, 0.15) is 5.56 Å². The third kappa shape index (κ3) is 4.20. The molecule has 1 aromatic carbocycles. The van der Waals surface area contributed by atoms with Gasteiger partial charge in [0.05, 0.1) is 11.9 Å². The lowest BCUT2D eigenvalue weighted by Crippen LogP contribution is -2.26. The van der Waals surface area contributed by atoms with E-state index in [0.717, 1.165) is 5.56 Å². The van der Waals surface area contributed by atoms with Gasteiger partial charge in [-0.15, -0.1) is 0 Å². The van der Waals surface area contributed by atoms with Gasteiger partial charge in [0.15, 0.2) is 5.96 Å². The summed E-state index contributed by atoms with van der Waals surface area (Å²) < 4.78 is 0. The summed E-state index contributed by atoms with van der Waals surface area (Å²) in [5, 5.41) is 3.65. The minimum absolute atomic E-state index is 0.0248. The minimum atomic E-state index is -0.144. The number of oxime groups is 1. The van der Waals surface area contributed by atoms with Crippen molar-refractivity contribution in [3.8, 4) is 0 Å². The van der Waals surface area contributed by atoms with Crippen LogP contribution in [0.5, 0.6) is 0 Å². The summed E-state index contributed by atoms with van der Waals surface area (Å²) in [6, 6.07) is 7.22. The second-order valence-corrected chi connectivity index (χ2v) is 2.98. The molecule has 6 N–H and O–H groups in total. The van der Waals surface area contributed by atoms with E-state index in [2.05, 4.69) is 20.0 Å². The third-order valence-corrected chi connectivity index (χ3v) is 1.71. The van der Waals surface area contributed by atoms with Crippen LogP contribution in [0.15, 0.2) is 39.4 Å². The van der Waals surface area contributed by atoms with Crippen LogP contribution in [0.4, 0.5) is 5.69 Å². The molecular formula is C10H14N6O. The van der Waals surface area contributed by atoms with Crippen molar-refractivity contribution in [1.82, 2.24) is 0 Å². The molecule has 0 unspecified atom stereocenters. The molecule has 0 atom stereocenters. The van der Waals surface area contributed by atoms with Crippen LogP contribution in [0.25, 0.3) is 0 Å². The van der Waals surface area contributed by atoms with Crippen molar-refractivity contribution >= 4 is 23.8 Å². The topological polar surface area (TPSA) is 124 Å². The zero-order chi connectivity index (χ0) is 12.7. The normalized spacial score (nSPS) is 11.5. The molecule has 90 valence electrons. The van der Waals surface area contributed by atoms with Crippen LogP contribution in [0.3, 0.4) is 0 Å². The van der Waals surface area contributed by atoms with Crippen LogP contribution in [-0.4, -0.2) is 25.2 Å². The number of aliphatic imine (C=N–C) groups is 2. The van der Waals surface area contributed by atoms with Crippen LogP contribution in [0.2, 0.25) is 0 Å². The average Bonchev–Trinajstić information content (AvgIpc) is 2.26. The Hall–Kier alpha value is -2.57. The molecule has 0 bridgehead atoms. The van der Waals surface area contributed by atoms with E-state index in [1.54, 1.807) is 6.07 Å². The molecule has 0 heterocycles. The van der Waals surface area contributed by atoms with E-state index in [1.165, 1.54) is 13.3 Å². The van der Waals surface area contributed by atoms with Gasteiger partial charge >= 0.3 is 0 Å². The Bertz CT molecular complexity index is 462. The van der Waals surface area contributed by atoms with Crippen LogP contribution < -0.4 is 17.2 Å². The molecule has 0 saturated carbocycles. The Morgan fingerprint density at radius 1 is 1.24 bits per heavy atom. The highest BCUT2D eigenvalue weighted by Crippen LogP contribution is 2.16. The minimum Gasteiger partial charge on any atom is -0.399 e. The van der Waals surface area contributed by atoms with E-state index < -0.39 is 0 Å². The fourth-order valence-corrected chi connectivity index (χ4v) is 1.09. The molecule has 0 aromatic heterocycles. The molecule has 0 fully saturated rings. The number of para-hydroxylation sites is 1. The summed E-state index contributed by atoms with van der Waals surface area (Å²) in [5.74, 6) is -0.169. The Labute approximate surface area is 98.7 Å². The lowest BCUT2D eigenvalue weighted by molar-refractivity contribution is 0.215. The largest absolute Gasteiger partial charge is 0.399 e. The van der Waals surface area contributed by atoms with E-state index in [4.69, 9.17) is 17.2 Å². The number of hydrogen-bond acceptors (Lipinski definition) is 3. The van der Waals surface area contributed by atoms with Gasteiger partial charge < -0.3 is 22.0 Å². The van der Waals surface area contributed by atoms with E-state index in [9.17, 15) is 0 Å². The molecule has 7 nitrogen and oxygen atoms in total. The Morgan fingerprint density at radius 2 is 1.94 bits per heavy atom. The quantitative estimate of drug-likeness (QED) is 0.383. The van der Waals surface area contributed by atoms with Gasteiger partial charge in [0.25, 0.3) is 0 Å². The maximum absolute atomic E-state index is 5.53. The SMILES string of the molecule is CON=Cc1ccccc1N=C(N)N=C(N)N. The molecule has 7 heteroatoms. The smallest absolute Gasteiger partial charge is 0.223 e. The fraction of sp³-hybridized carbons (Fsp3) is 0.100. The third-order valence-electron chi connectivity index (χ3n) is 1.71. The van der Waals surface area contributed by atoms with Crippen molar-refractivity contribution in [3.05, 3.63) is 29.8 Å². The zero-order valence-electron chi connectivity index (χ0n) is 9.37. The monoisotopic (exact) mass is 234 g/mol. The predicted molar refractivity (Wildman–Crippen MR) is 68.1 cm³/mol. The van der Waals surface area contributed by atoms with Crippen molar-refractivity contribution in [2.75, 3.05) is 7.11 Å². The van der Waals surface area contributed by atoms with Crippen molar-refractivity contribution < 1.29 is 4.84 Å². The molecule has 0 saturated heterocycles. The molecule has 0 aliphatic carbocycles. The molecule has 1 rings (SSSR count). The van der Waals surface area contributed by atoms with Gasteiger partial charge in [0, 0.05) is 5.56 Å². The summed E-state index contributed by atoms with van der Waals surface area (Å²) in [6.07, 6.45) is 1.52. The highest BCUT2D eigenvalue weighted by Gasteiger charge is 1.98. The summed E-state index contributed by atoms with van der Waals surface area (Å²) in [4.78, 5) is 12.3. The number of nitrogens with two attached hydrogens (primary N) is 3. The number of guanidine groups is 2. The van der Waals surface area contributed by atoms with Gasteiger partial charge in [-0.3, -0.25) is 0 Å². The first-order chi connectivity index (χ1) is 8.13. The summed E-state index contributed by atoms with van der Waals surface area (Å²) in [7, 11) is 1.45. The van der Waals surface area contributed by atoms with Gasteiger partial charge in [0.2, 0.25) is 5.96 Å². The summed E-state index contributed by atoms with van der Waals surface area (Å²) in [6.45, 7) is 0.